The molecule has 0 atom stereocenters. The first-order valence-electron chi connectivity index (χ1n) is 4.47. The fourth-order valence-electron chi connectivity index (χ4n) is 1.48. The van der Waals surface area contributed by atoms with E-state index in [9.17, 15) is 4.79 Å². The van der Waals surface area contributed by atoms with Crippen LogP contribution in [0.4, 0.5) is 0 Å². The first-order valence-corrected chi connectivity index (χ1v) is 4.47. The van der Waals surface area contributed by atoms with E-state index in [4.69, 9.17) is 11.5 Å². The van der Waals surface area contributed by atoms with Gasteiger partial charge in [-0.1, -0.05) is 0 Å². The molecule has 0 radical (unpaired) electrons. The smallest absolute Gasteiger partial charge is 0.209 e. The van der Waals surface area contributed by atoms with E-state index in [0.29, 0.717) is 12.5 Å². The number of nitrogens with zero attached hydrogens (tertiary/aromatic N) is 2. The maximum absolute atomic E-state index is 10.4. The lowest BCUT2D eigenvalue weighted by Crippen LogP contribution is -2.34. The SMILES string of the molecule is NC(N)=NCC1CCN(C=O)CC1. The summed E-state index contributed by atoms with van der Waals surface area (Å²) >= 11 is 0. The van der Waals surface area contributed by atoms with Crippen molar-refractivity contribution in [1.82, 2.24) is 4.90 Å². The first-order chi connectivity index (χ1) is 6.22. The van der Waals surface area contributed by atoms with E-state index < -0.39 is 0 Å². The summed E-state index contributed by atoms with van der Waals surface area (Å²) in [5.41, 5.74) is 10.4. The molecule has 4 N–H and O–H groups in total. The number of hydrogen-bond donors (Lipinski definition) is 2. The molecule has 0 spiro atoms. The Morgan fingerprint density at radius 3 is 2.54 bits per heavy atom. The van der Waals surface area contributed by atoms with Gasteiger partial charge in [-0.05, 0) is 18.8 Å². The van der Waals surface area contributed by atoms with Crippen LogP contribution >= 0.6 is 0 Å². The van der Waals surface area contributed by atoms with Crippen molar-refractivity contribution in [3.8, 4) is 0 Å². The van der Waals surface area contributed by atoms with Gasteiger partial charge in [0, 0.05) is 19.6 Å². The van der Waals surface area contributed by atoms with Crippen molar-refractivity contribution in [3.05, 3.63) is 0 Å². The standard InChI is InChI=1S/C8H16N4O/c9-8(10)11-5-7-1-3-12(6-13)4-2-7/h6-7H,1-5H2,(H4,9,10,11). The highest BCUT2D eigenvalue weighted by Crippen LogP contribution is 2.15. The van der Waals surface area contributed by atoms with Crippen LogP contribution in [0.25, 0.3) is 0 Å². The average molecular weight is 184 g/mol. The number of piperidine rings is 1. The summed E-state index contributed by atoms with van der Waals surface area (Å²) in [6, 6.07) is 0. The number of guanidine groups is 1. The minimum atomic E-state index is 0.151. The topological polar surface area (TPSA) is 84.7 Å². The van der Waals surface area contributed by atoms with Crippen molar-refractivity contribution < 1.29 is 4.79 Å². The second-order valence-corrected chi connectivity index (χ2v) is 3.35. The summed E-state index contributed by atoms with van der Waals surface area (Å²) in [5.74, 6) is 0.677. The zero-order valence-corrected chi connectivity index (χ0v) is 7.65. The Morgan fingerprint density at radius 1 is 1.46 bits per heavy atom. The lowest BCUT2D eigenvalue weighted by Gasteiger charge is -2.28. The van der Waals surface area contributed by atoms with Gasteiger partial charge in [0.05, 0.1) is 0 Å². The fourth-order valence-corrected chi connectivity index (χ4v) is 1.48. The molecule has 1 amide bonds. The molecule has 5 heteroatoms. The van der Waals surface area contributed by atoms with Crippen LogP contribution in [0.3, 0.4) is 0 Å². The summed E-state index contributed by atoms with van der Waals surface area (Å²) in [7, 11) is 0. The van der Waals surface area contributed by atoms with Crippen molar-refractivity contribution in [2.45, 2.75) is 12.8 Å². The lowest BCUT2D eigenvalue weighted by atomic mass is 9.97. The summed E-state index contributed by atoms with van der Waals surface area (Å²) in [6.07, 6.45) is 2.89. The molecule has 0 saturated carbocycles. The van der Waals surface area contributed by atoms with Gasteiger partial charge in [0.2, 0.25) is 6.41 Å². The maximum atomic E-state index is 10.4. The molecule has 0 aromatic rings. The molecule has 0 aromatic heterocycles. The first kappa shape index (κ1) is 9.83. The molecule has 5 nitrogen and oxygen atoms in total. The van der Waals surface area contributed by atoms with Crippen molar-refractivity contribution in [3.63, 3.8) is 0 Å². The molecule has 74 valence electrons. The van der Waals surface area contributed by atoms with Gasteiger partial charge in [0.25, 0.3) is 0 Å². The molecular weight excluding hydrogens is 168 g/mol. The zero-order valence-electron chi connectivity index (χ0n) is 7.65. The normalized spacial score (nSPS) is 18.3. The third-order valence-corrected chi connectivity index (χ3v) is 2.33. The van der Waals surface area contributed by atoms with Gasteiger partial charge in [0.1, 0.15) is 0 Å². The largest absolute Gasteiger partial charge is 0.370 e. The van der Waals surface area contributed by atoms with Crippen molar-refractivity contribution in [2.75, 3.05) is 19.6 Å². The van der Waals surface area contributed by atoms with Crippen LogP contribution in [0.15, 0.2) is 4.99 Å². The third-order valence-electron chi connectivity index (χ3n) is 2.33. The summed E-state index contributed by atoms with van der Waals surface area (Å²) in [6.45, 7) is 2.34. The Balaban J connectivity index is 2.25. The quantitative estimate of drug-likeness (QED) is 0.339. The summed E-state index contributed by atoms with van der Waals surface area (Å²) in [4.78, 5) is 16.1. The van der Waals surface area contributed by atoms with Crippen LogP contribution in [0.1, 0.15) is 12.8 Å². The van der Waals surface area contributed by atoms with Crippen LogP contribution in [0, 0.1) is 5.92 Å². The predicted octanol–water partition coefficient (Wildman–Crippen LogP) is -0.872. The average Bonchev–Trinajstić information content (AvgIpc) is 2.15. The number of amides is 1. The van der Waals surface area contributed by atoms with E-state index >= 15 is 0 Å². The van der Waals surface area contributed by atoms with E-state index in [1.165, 1.54) is 0 Å². The number of hydrogen-bond acceptors (Lipinski definition) is 2. The van der Waals surface area contributed by atoms with Gasteiger partial charge in [-0.3, -0.25) is 9.79 Å². The Kier molecular flexibility index (Phi) is 3.54. The lowest BCUT2D eigenvalue weighted by molar-refractivity contribution is -0.119. The minimum Gasteiger partial charge on any atom is -0.370 e. The summed E-state index contributed by atoms with van der Waals surface area (Å²) < 4.78 is 0. The monoisotopic (exact) mass is 184 g/mol. The van der Waals surface area contributed by atoms with Gasteiger partial charge in [-0.15, -0.1) is 0 Å². The molecular formula is C8H16N4O. The van der Waals surface area contributed by atoms with Crippen molar-refractivity contribution in [1.29, 1.82) is 0 Å². The predicted molar refractivity (Wildman–Crippen MR) is 51.0 cm³/mol. The number of carbonyl (C=O) groups excluding carboxylic acids is 1. The van der Waals surface area contributed by atoms with Crippen molar-refractivity contribution >= 4 is 12.4 Å². The highest BCUT2D eigenvalue weighted by molar-refractivity contribution is 5.75. The van der Waals surface area contributed by atoms with E-state index in [-0.39, 0.29) is 5.96 Å². The zero-order chi connectivity index (χ0) is 9.68. The number of rotatable bonds is 3. The molecule has 1 rings (SSSR count). The number of aliphatic imine (C=N–C) groups is 1. The molecule has 1 saturated heterocycles. The number of nitrogens with two attached hydrogens (primary N) is 2. The molecule has 1 aliphatic rings. The van der Waals surface area contributed by atoms with Gasteiger partial charge in [0.15, 0.2) is 5.96 Å². The van der Waals surface area contributed by atoms with E-state index in [2.05, 4.69) is 4.99 Å². The number of likely N-dealkylation sites (tertiary alicyclic amines) is 1. The highest BCUT2D eigenvalue weighted by Gasteiger charge is 2.17. The molecule has 0 bridgehead atoms. The molecule has 13 heavy (non-hydrogen) atoms. The third kappa shape index (κ3) is 3.31. The second-order valence-electron chi connectivity index (χ2n) is 3.35. The van der Waals surface area contributed by atoms with Crippen LogP contribution in [-0.2, 0) is 4.79 Å². The minimum absolute atomic E-state index is 0.151. The van der Waals surface area contributed by atoms with Gasteiger partial charge < -0.3 is 16.4 Å². The van der Waals surface area contributed by atoms with Gasteiger partial charge in [-0.25, -0.2) is 0 Å². The van der Waals surface area contributed by atoms with Crippen molar-refractivity contribution in [2.24, 2.45) is 22.4 Å². The maximum Gasteiger partial charge on any atom is 0.209 e. The molecule has 0 aromatic carbocycles. The van der Waals surface area contributed by atoms with Crippen LogP contribution in [0.5, 0.6) is 0 Å². The molecule has 1 aliphatic heterocycles. The Hall–Kier alpha value is -1.26. The van der Waals surface area contributed by atoms with Gasteiger partial charge in [-0.2, -0.15) is 0 Å². The van der Waals surface area contributed by atoms with Gasteiger partial charge >= 0.3 is 0 Å². The molecule has 1 heterocycles. The Labute approximate surface area is 77.8 Å². The Bertz CT molecular complexity index is 192. The van der Waals surface area contributed by atoms with Crippen LogP contribution in [0.2, 0.25) is 0 Å². The molecule has 1 fully saturated rings. The molecule has 0 aliphatic carbocycles. The summed E-state index contributed by atoms with van der Waals surface area (Å²) in [5, 5.41) is 0. The molecule has 0 unspecified atom stereocenters. The van der Waals surface area contributed by atoms with Crippen LogP contribution in [-0.4, -0.2) is 36.9 Å². The van der Waals surface area contributed by atoms with E-state index in [0.717, 1.165) is 32.3 Å². The van der Waals surface area contributed by atoms with E-state index in [1.54, 1.807) is 4.90 Å². The number of carbonyl (C=O) groups is 1. The Morgan fingerprint density at radius 2 is 2.08 bits per heavy atom. The second kappa shape index (κ2) is 4.69. The highest BCUT2D eigenvalue weighted by atomic mass is 16.1. The van der Waals surface area contributed by atoms with Crippen LogP contribution < -0.4 is 11.5 Å². The van der Waals surface area contributed by atoms with E-state index in [1.807, 2.05) is 0 Å². The fraction of sp³-hybridized carbons (Fsp3) is 0.750.